The van der Waals surface area contributed by atoms with E-state index in [2.05, 4.69) is 53.6 Å². The Kier molecular flexibility index (Phi) is 5.70. The molecule has 1 fully saturated rings. The summed E-state index contributed by atoms with van der Waals surface area (Å²) in [6.45, 7) is 6.26. The number of para-hydroxylation sites is 1. The summed E-state index contributed by atoms with van der Waals surface area (Å²) in [5.41, 5.74) is 4.50. The Morgan fingerprint density at radius 1 is 1.06 bits per heavy atom. The summed E-state index contributed by atoms with van der Waals surface area (Å²) in [4.78, 5) is 15.7. The largest absolute Gasteiger partial charge is 0.333 e. The number of nitrogens with zero attached hydrogens (tertiary/aromatic N) is 3. The Morgan fingerprint density at radius 2 is 1.78 bits per heavy atom. The second kappa shape index (κ2) is 8.79. The van der Waals surface area contributed by atoms with Crippen LogP contribution in [0.1, 0.15) is 43.0 Å². The fraction of sp³-hybridized carbons (Fsp3) is 0.385. The van der Waals surface area contributed by atoms with Gasteiger partial charge in [0.05, 0.1) is 17.4 Å². The maximum Gasteiger partial charge on any atom is 0.320 e. The first-order valence-electron chi connectivity index (χ1n) is 11.7. The zero-order valence-electron chi connectivity index (χ0n) is 18.8. The lowest BCUT2D eigenvalue weighted by molar-refractivity contribution is 0.246. The molecule has 2 aliphatic rings. The number of amides is 2. The number of hydrogen-bond donors (Lipinski definition) is 2. The van der Waals surface area contributed by atoms with Crippen LogP contribution in [0.2, 0.25) is 0 Å². The lowest BCUT2D eigenvalue weighted by Gasteiger charge is -2.25. The Morgan fingerprint density at radius 3 is 2.50 bits per heavy atom. The van der Waals surface area contributed by atoms with Crippen molar-refractivity contribution in [2.45, 2.75) is 51.1 Å². The summed E-state index contributed by atoms with van der Waals surface area (Å²) in [6, 6.07) is 20.8. The zero-order valence-corrected chi connectivity index (χ0v) is 18.8. The molecule has 5 rings (SSSR count). The van der Waals surface area contributed by atoms with Crippen LogP contribution in [0.5, 0.6) is 0 Å². The number of aryl methyl sites for hydroxylation is 1. The summed E-state index contributed by atoms with van der Waals surface area (Å²) in [6.07, 6.45) is 3.01. The van der Waals surface area contributed by atoms with Crippen LogP contribution in [-0.4, -0.2) is 45.9 Å². The standard InChI is InChI=1S/C26H31N5O/c1-3-30-17-23(24(18(30)2)19-11-6-4-7-12-19)27-26(32)28-25-21-15-10-16-22(21)29-31(25)20-13-8-5-9-14-20/h4-9,11-14,18,23-24H,3,10,15-17H2,1-2H3,(H2,27,28,32)/t18-,23?,24-/m0/s1. The van der Waals surface area contributed by atoms with Gasteiger partial charge in [0.2, 0.25) is 0 Å². The molecule has 3 aromatic rings. The zero-order chi connectivity index (χ0) is 22.1. The highest BCUT2D eigenvalue weighted by Crippen LogP contribution is 2.34. The van der Waals surface area contributed by atoms with Gasteiger partial charge in [-0.05, 0) is 50.4 Å². The van der Waals surface area contributed by atoms with E-state index in [1.54, 1.807) is 0 Å². The Labute approximate surface area is 189 Å². The van der Waals surface area contributed by atoms with Crippen molar-refractivity contribution in [2.75, 3.05) is 18.4 Å². The lowest BCUT2D eigenvalue weighted by Crippen LogP contribution is -2.42. The highest BCUT2D eigenvalue weighted by atomic mass is 16.2. The van der Waals surface area contributed by atoms with E-state index in [0.29, 0.717) is 6.04 Å². The van der Waals surface area contributed by atoms with Crippen molar-refractivity contribution < 1.29 is 4.79 Å². The number of fused-ring (bicyclic) bond motifs is 1. The third kappa shape index (κ3) is 3.79. The third-order valence-corrected chi connectivity index (χ3v) is 7.01. The van der Waals surface area contributed by atoms with E-state index in [-0.39, 0.29) is 18.0 Å². The molecule has 2 aromatic carbocycles. The fourth-order valence-corrected chi connectivity index (χ4v) is 5.42. The normalized spacial score (nSPS) is 22.6. The molecular formula is C26H31N5O. The van der Waals surface area contributed by atoms with Crippen LogP contribution in [0.4, 0.5) is 10.6 Å². The monoisotopic (exact) mass is 429 g/mol. The number of carbonyl (C=O) groups is 1. The molecule has 6 nitrogen and oxygen atoms in total. The number of anilines is 1. The van der Waals surface area contributed by atoms with Crippen LogP contribution in [0.25, 0.3) is 5.69 Å². The van der Waals surface area contributed by atoms with E-state index in [9.17, 15) is 4.79 Å². The number of hydrogen-bond acceptors (Lipinski definition) is 3. The molecule has 32 heavy (non-hydrogen) atoms. The van der Waals surface area contributed by atoms with Gasteiger partial charge < -0.3 is 5.32 Å². The molecule has 1 aromatic heterocycles. The lowest BCUT2D eigenvalue weighted by atomic mass is 9.89. The number of aromatic nitrogens is 2. The Balaban J connectivity index is 1.39. The number of likely N-dealkylation sites (N-methyl/N-ethyl adjacent to an activating group) is 1. The molecule has 2 amide bonds. The highest BCUT2D eigenvalue weighted by Gasteiger charge is 2.40. The molecule has 1 unspecified atom stereocenters. The SMILES string of the molecule is CCN1CC(NC(=O)Nc2c3c(nn2-c2ccccc2)CCC3)[C@H](c2ccccc2)[C@@H]1C. The smallest absolute Gasteiger partial charge is 0.320 e. The topological polar surface area (TPSA) is 62.2 Å². The number of urea groups is 1. The number of carbonyl (C=O) groups excluding carboxylic acids is 1. The van der Waals surface area contributed by atoms with Gasteiger partial charge in [-0.2, -0.15) is 5.10 Å². The van der Waals surface area contributed by atoms with Crippen molar-refractivity contribution in [1.82, 2.24) is 20.0 Å². The van der Waals surface area contributed by atoms with Crippen LogP contribution in [-0.2, 0) is 12.8 Å². The van der Waals surface area contributed by atoms with Gasteiger partial charge in [0.15, 0.2) is 0 Å². The van der Waals surface area contributed by atoms with Gasteiger partial charge in [0, 0.05) is 24.1 Å². The number of rotatable bonds is 5. The van der Waals surface area contributed by atoms with Crippen molar-refractivity contribution >= 4 is 11.8 Å². The fourth-order valence-electron chi connectivity index (χ4n) is 5.42. The summed E-state index contributed by atoms with van der Waals surface area (Å²) >= 11 is 0. The summed E-state index contributed by atoms with van der Waals surface area (Å²) in [5.74, 6) is 1.06. The van der Waals surface area contributed by atoms with Crippen LogP contribution in [0, 0.1) is 0 Å². The molecule has 2 heterocycles. The van der Waals surface area contributed by atoms with Crippen molar-refractivity contribution in [2.24, 2.45) is 0 Å². The van der Waals surface area contributed by atoms with Crippen LogP contribution < -0.4 is 10.6 Å². The number of benzene rings is 2. The van der Waals surface area contributed by atoms with E-state index >= 15 is 0 Å². The molecule has 1 aliphatic carbocycles. The predicted octanol–water partition coefficient (Wildman–Crippen LogP) is 4.36. The molecule has 3 atom stereocenters. The second-order valence-electron chi connectivity index (χ2n) is 8.84. The quantitative estimate of drug-likeness (QED) is 0.634. The molecule has 6 heteroatoms. The van der Waals surface area contributed by atoms with Crippen molar-refractivity contribution in [3.63, 3.8) is 0 Å². The van der Waals surface area contributed by atoms with Gasteiger partial charge in [-0.25, -0.2) is 9.48 Å². The summed E-state index contributed by atoms with van der Waals surface area (Å²) in [5, 5.41) is 11.3. The molecular weight excluding hydrogens is 398 g/mol. The van der Waals surface area contributed by atoms with Gasteiger partial charge in [0.25, 0.3) is 0 Å². The van der Waals surface area contributed by atoms with Gasteiger partial charge >= 0.3 is 6.03 Å². The first kappa shape index (κ1) is 20.8. The molecule has 2 N–H and O–H groups in total. The van der Waals surface area contributed by atoms with E-state index in [1.807, 2.05) is 41.1 Å². The van der Waals surface area contributed by atoms with Gasteiger partial charge in [-0.3, -0.25) is 10.2 Å². The molecule has 0 radical (unpaired) electrons. The first-order chi connectivity index (χ1) is 15.7. The molecule has 0 spiro atoms. The van der Waals surface area contributed by atoms with Crippen molar-refractivity contribution in [3.05, 3.63) is 77.5 Å². The van der Waals surface area contributed by atoms with E-state index < -0.39 is 0 Å². The molecule has 1 saturated heterocycles. The van der Waals surface area contributed by atoms with E-state index in [4.69, 9.17) is 5.10 Å². The second-order valence-corrected chi connectivity index (χ2v) is 8.84. The van der Waals surface area contributed by atoms with Crippen LogP contribution in [0.15, 0.2) is 60.7 Å². The van der Waals surface area contributed by atoms with Crippen molar-refractivity contribution in [1.29, 1.82) is 0 Å². The Hall–Kier alpha value is -3.12. The van der Waals surface area contributed by atoms with E-state index in [1.165, 1.54) is 11.1 Å². The van der Waals surface area contributed by atoms with Crippen molar-refractivity contribution in [3.8, 4) is 5.69 Å². The number of nitrogens with one attached hydrogen (secondary N) is 2. The first-order valence-corrected chi connectivity index (χ1v) is 11.7. The van der Waals surface area contributed by atoms with Crippen LogP contribution >= 0.6 is 0 Å². The Bertz CT molecular complexity index is 1080. The molecule has 0 saturated carbocycles. The molecule has 166 valence electrons. The third-order valence-electron chi connectivity index (χ3n) is 7.01. The van der Waals surface area contributed by atoms with Gasteiger partial charge in [-0.15, -0.1) is 0 Å². The van der Waals surface area contributed by atoms with E-state index in [0.717, 1.165) is 49.6 Å². The highest BCUT2D eigenvalue weighted by molar-refractivity contribution is 5.90. The predicted molar refractivity (Wildman–Crippen MR) is 127 cm³/mol. The summed E-state index contributed by atoms with van der Waals surface area (Å²) in [7, 11) is 0. The minimum atomic E-state index is -0.159. The summed E-state index contributed by atoms with van der Waals surface area (Å²) < 4.78 is 1.88. The minimum Gasteiger partial charge on any atom is -0.333 e. The molecule has 0 bridgehead atoms. The minimum absolute atomic E-state index is 0.0495. The maximum atomic E-state index is 13.2. The molecule has 1 aliphatic heterocycles. The number of likely N-dealkylation sites (tertiary alicyclic amines) is 1. The maximum absolute atomic E-state index is 13.2. The average Bonchev–Trinajstić information content (AvgIpc) is 3.49. The van der Waals surface area contributed by atoms with Gasteiger partial charge in [-0.1, -0.05) is 55.5 Å². The van der Waals surface area contributed by atoms with Gasteiger partial charge in [0.1, 0.15) is 5.82 Å². The van der Waals surface area contributed by atoms with Crippen LogP contribution in [0.3, 0.4) is 0 Å². The average molecular weight is 430 g/mol.